The fraction of sp³-hybridized carbons (Fsp3) is 0.471. The van der Waals surface area contributed by atoms with Crippen molar-refractivity contribution in [2.45, 2.75) is 12.8 Å². The summed E-state index contributed by atoms with van der Waals surface area (Å²) in [6.07, 6.45) is 5.83. The molecule has 130 valence electrons. The highest BCUT2D eigenvalue weighted by atomic mass is 15.0. The number of fused-ring (bicyclic) bond motifs is 1. The lowest BCUT2D eigenvalue weighted by atomic mass is 10.00. The van der Waals surface area contributed by atoms with Crippen LogP contribution in [0.3, 0.4) is 0 Å². The van der Waals surface area contributed by atoms with Crippen LogP contribution in [0.4, 0.5) is 11.8 Å². The molecule has 4 N–H and O–H groups in total. The van der Waals surface area contributed by atoms with E-state index in [2.05, 4.69) is 30.6 Å². The lowest BCUT2D eigenvalue weighted by Crippen LogP contribution is -2.37. The second-order valence-electron chi connectivity index (χ2n) is 6.41. The third-order valence-corrected chi connectivity index (χ3v) is 4.55. The average molecular weight is 338 g/mol. The van der Waals surface area contributed by atoms with Crippen molar-refractivity contribution >= 4 is 11.8 Å². The van der Waals surface area contributed by atoms with E-state index in [1.165, 1.54) is 12.8 Å². The molecule has 8 heteroatoms. The topological polar surface area (TPSA) is 113 Å². The Hall–Kier alpha value is -2.61. The first-order valence-electron chi connectivity index (χ1n) is 8.72. The number of nitrogens with one attached hydrogen (secondary N) is 2. The van der Waals surface area contributed by atoms with E-state index in [4.69, 9.17) is 10.7 Å². The minimum absolute atomic E-state index is 0.254. The van der Waals surface area contributed by atoms with Crippen molar-refractivity contribution in [1.82, 2.24) is 20.3 Å². The Labute approximate surface area is 145 Å². The van der Waals surface area contributed by atoms with Crippen LogP contribution in [0.25, 0.3) is 11.3 Å². The van der Waals surface area contributed by atoms with Gasteiger partial charge in [0, 0.05) is 24.5 Å². The number of nitrogens with two attached hydrogens (primary N) is 1. The highest BCUT2D eigenvalue weighted by molar-refractivity contribution is 5.59. The van der Waals surface area contributed by atoms with E-state index in [9.17, 15) is 0 Å². The van der Waals surface area contributed by atoms with Gasteiger partial charge in [0.15, 0.2) is 5.82 Å². The molecule has 0 spiro atoms. The smallest absolute Gasteiger partial charge is 0.219 e. The van der Waals surface area contributed by atoms with Crippen molar-refractivity contribution in [3.05, 3.63) is 29.2 Å². The molecule has 2 aliphatic heterocycles. The van der Waals surface area contributed by atoms with E-state index in [1.807, 2.05) is 6.07 Å². The number of anilines is 2. The summed E-state index contributed by atoms with van der Waals surface area (Å²) < 4.78 is 0. The van der Waals surface area contributed by atoms with Crippen molar-refractivity contribution in [2.24, 2.45) is 15.9 Å². The van der Waals surface area contributed by atoms with Gasteiger partial charge in [-0.3, -0.25) is 9.98 Å². The maximum absolute atomic E-state index is 5.58. The van der Waals surface area contributed by atoms with E-state index >= 15 is 0 Å². The summed E-state index contributed by atoms with van der Waals surface area (Å²) in [6, 6.07) is 1.94. The lowest BCUT2D eigenvalue weighted by molar-refractivity contribution is 0.392. The van der Waals surface area contributed by atoms with Crippen molar-refractivity contribution in [3.8, 4) is 11.3 Å². The van der Waals surface area contributed by atoms with Crippen LogP contribution in [0.2, 0.25) is 0 Å². The molecule has 8 nitrogen and oxygen atoms in total. The molecule has 4 heterocycles. The molecule has 0 aromatic carbocycles. The molecule has 25 heavy (non-hydrogen) atoms. The first-order chi connectivity index (χ1) is 12.3. The van der Waals surface area contributed by atoms with Crippen LogP contribution >= 0.6 is 0 Å². The zero-order chi connectivity index (χ0) is 17.1. The summed E-state index contributed by atoms with van der Waals surface area (Å²) in [5, 5.41) is 8.67. The third kappa shape index (κ3) is 3.58. The van der Waals surface area contributed by atoms with Gasteiger partial charge in [0.2, 0.25) is 5.95 Å². The SMILES string of the molecule is Nc1ncc(-c2cc3c(c(NCC4CCCNC4)n2)=NCCN=3)cn1. The monoisotopic (exact) mass is 338 g/mol. The molecular weight excluding hydrogens is 316 g/mol. The molecular formula is C17H22N8. The molecule has 2 aromatic heterocycles. The molecule has 2 aliphatic rings. The Bertz CT molecular complexity index is 855. The van der Waals surface area contributed by atoms with Gasteiger partial charge in [-0.05, 0) is 37.9 Å². The molecule has 1 fully saturated rings. The number of hydrogen-bond donors (Lipinski definition) is 3. The van der Waals surface area contributed by atoms with E-state index < -0.39 is 0 Å². The molecule has 1 saturated heterocycles. The van der Waals surface area contributed by atoms with Crippen molar-refractivity contribution in [2.75, 3.05) is 43.8 Å². The quantitative estimate of drug-likeness (QED) is 0.710. The number of rotatable bonds is 4. The first-order valence-corrected chi connectivity index (χ1v) is 8.72. The van der Waals surface area contributed by atoms with E-state index in [1.54, 1.807) is 12.4 Å². The van der Waals surface area contributed by atoms with Gasteiger partial charge in [0.25, 0.3) is 0 Å². The zero-order valence-corrected chi connectivity index (χ0v) is 14.1. The van der Waals surface area contributed by atoms with Crippen LogP contribution in [-0.2, 0) is 0 Å². The molecule has 0 radical (unpaired) electrons. The Kier molecular flexibility index (Phi) is 4.51. The van der Waals surface area contributed by atoms with Crippen molar-refractivity contribution < 1.29 is 0 Å². The summed E-state index contributed by atoms with van der Waals surface area (Å²) >= 11 is 0. The minimum Gasteiger partial charge on any atom is -0.368 e. The Balaban J connectivity index is 1.67. The molecule has 0 saturated carbocycles. The minimum atomic E-state index is 0.254. The highest BCUT2D eigenvalue weighted by Crippen LogP contribution is 2.15. The highest BCUT2D eigenvalue weighted by Gasteiger charge is 2.15. The second kappa shape index (κ2) is 7.10. The van der Waals surface area contributed by atoms with Crippen LogP contribution < -0.4 is 27.1 Å². The number of nitrogens with zero attached hydrogens (tertiary/aromatic N) is 5. The molecule has 1 atom stereocenters. The van der Waals surface area contributed by atoms with Gasteiger partial charge in [-0.1, -0.05) is 0 Å². The van der Waals surface area contributed by atoms with Gasteiger partial charge >= 0.3 is 0 Å². The number of nitrogen functional groups attached to an aromatic ring is 1. The standard InChI is InChI=1S/C17H22N8/c18-17-23-9-12(10-24-17)13-6-14-15(21-5-4-20-14)16(25-13)22-8-11-2-1-3-19-7-11/h6,9-11,19H,1-5,7-8H2,(H,22,25)(H2,18,23,24). The van der Waals surface area contributed by atoms with Gasteiger partial charge in [-0.2, -0.15) is 0 Å². The first kappa shape index (κ1) is 15.9. The Morgan fingerprint density at radius 3 is 2.84 bits per heavy atom. The van der Waals surface area contributed by atoms with Crippen molar-refractivity contribution in [3.63, 3.8) is 0 Å². The van der Waals surface area contributed by atoms with Crippen LogP contribution in [-0.4, -0.2) is 47.7 Å². The summed E-state index contributed by atoms with van der Waals surface area (Å²) in [6.45, 7) is 4.45. The normalized spacial score (nSPS) is 19.4. The lowest BCUT2D eigenvalue weighted by Gasteiger charge is -2.23. The molecule has 4 rings (SSSR count). The van der Waals surface area contributed by atoms with Gasteiger partial charge in [-0.15, -0.1) is 0 Å². The molecule has 0 bridgehead atoms. The molecule has 0 amide bonds. The third-order valence-electron chi connectivity index (χ3n) is 4.55. The van der Waals surface area contributed by atoms with Gasteiger partial charge < -0.3 is 16.4 Å². The van der Waals surface area contributed by atoms with Gasteiger partial charge in [-0.25, -0.2) is 15.0 Å². The average Bonchev–Trinajstić information content (AvgIpc) is 2.67. The van der Waals surface area contributed by atoms with Crippen LogP contribution in [0.1, 0.15) is 12.8 Å². The fourth-order valence-electron chi connectivity index (χ4n) is 3.21. The maximum Gasteiger partial charge on any atom is 0.219 e. The van der Waals surface area contributed by atoms with Crippen molar-refractivity contribution in [1.29, 1.82) is 0 Å². The summed E-state index contributed by atoms with van der Waals surface area (Å²) in [4.78, 5) is 22.1. The van der Waals surface area contributed by atoms with Crippen LogP contribution in [0.15, 0.2) is 28.4 Å². The number of piperidine rings is 1. The summed E-state index contributed by atoms with van der Waals surface area (Å²) in [7, 11) is 0. The largest absolute Gasteiger partial charge is 0.368 e. The second-order valence-corrected chi connectivity index (χ2v) is 6.41. The number of aromatic nitrogens is 3. The Morgan fingerprint density at radius 2 is 2.04 bits per heavy atom. The predicted octanol–water partition coefficient (Wildman–Crippen LogP) is -0.215. The number of hydrogen-bond acceptors (Lipinski definition) is 8. The fourth-order valence-corrected chi connectivity index (χ4v) is 3.21. The van der Waals surface area contributed by atoms with E-state index in [-0.39, 0.29) is 5.95 Å². The van der Waals surface area contributed by atoms with Crippen LogP contribution in [0.5, 0.6) is 0 Å². The predicted molar refractivity (Wildman–Crippen MR) is 95.8 cm³/mol. The molecule has 0 aliphatic carbocycles. The number of pyridine rings is 1. The molecule has 2 aromatic rings. The molecule has 1 unspecified atom stereocenters. The Morgan fingerprint density at radius 1 is 1.20 bits per heavy atom. The van der Waals surface area contributed by atoms with Gasteiger partial charge in [0.05, 0.1) is 24.1 Å². The zero-order valence-electron chi connectivity index (χ0n) is 14.1. The van der Waals surface area contributed by atoms with Gasteiger partial charge in [0.1, 0.15) is 5.36 Å². The van der Waals surface area contributed by atoms with E-state index in [0.29, 0.717) is 19.0 Å². The summed E-state index contributed by atoms with van der Waals surface area (Å²) in [5.74, 6) is 1.65. The van der Waals surface area contributed by atoms with Crippen LogP contribution in [0, 0.1) is 5.92 Å². The maximum atomic E-state index is 5.58. The van der Waals surface area contributed by atoms with E-state index in [0.717, 1.165) is 47.4 Å². The summed E-state index contributed by atoms with van der Waals surface area (Å²) in [5.41, 5.74) is 7.18.